The molecule has 2 N–H and O–H groups in total. The van der Waals surface area contributed by atoms with Crippen molar-refractivity contribution in [3.63, 3.8) is 0 Å². The van der Waals surface area contributed by atoms with Crippen LogP contribution in [0.1, 0.15) is 41.8 Å². The number of nitrogens with one attached hydrogen (secondary N) is 1. The number of Topliss-reactive ketones (excluding diaryl/α,β-unsaturated/α-hetero) is 1. The van der Waals surface area contributed by atoms with Crippen molar-refractivity contribution < 1.29 is 14.6 Å². The van der Waals surface area contributed by atoms with Crippen LogP contribution in [0.4, 0.5) is 0 Å². The molecule has 2 aromatic rings. The summed E-state index contributed by atoms with van der Waals surface area (Å²) in [6.07, 6.45) is 0.710. The highest BCUT2D eigenvalue weighted by Crippen LogP contribution is 2.17. The summed E-state index contributed by atoms with van der Waals surface area (Å²) in [5.41, 5.74) is 1.52. The Balaban J connectivity index is 1.77. The van der Waals surface area contributed by atoms with Crippen LogP contribution >= 0.6 is 0 Å². The molecule has 0 amide bonds. The lowest BCUT2D eigenvalue weighted by Gasteiger charge is -2.20. The molecule has 0 aliphatic rings. The average Bonchev–Trinajstić information content (AvgIpc) is 2.71. The van der Waals surface area contributed by atoms with E-state index >= 15 is 0 Å². The lowest BCUT2D eigenvalue weighted by Crippen LogP contribution is -2.33. The van der Waals surface area contributed by atoms with E-state index in [1.54, 1.807) is 6.07 Å². The largest absolute Gasteiger partial charge is 0.494 e. The van der Waals surface area contributed by atoms with E-state index in [4.69, 9.17) is 4.74 Å². The molecule has 0 aliphatic carbocycles. The molecule has 5 nitrogen and oxygen atoms in total. The van der Waals surface area contributed by atoms with E-state index in [9.17, 15) is 9.90 Å². The van der Waals surface area contributed by atoms with Crippen LogP contribution in [0.5, 0.6) is 5.75 Å². The highest BCUT2D eigenvalue weighted by atomic mass is 16.5. The zero-order chi connectivity index (χ0) is 20.4. The van der Waals surface area contributed by atoms with E-state index in [0.29, 0.717) is 25.1 Å². The smallest absolute Gasteiger partial charge is 0.164 e. The fourth-order valence-electron chi connectivity index (χ4n) is 2.94. The Morgan fingerprint density at radius 1 is 1.14 bits per heavy atom. The summed E-state index contributed by atoms with van der Waals surface area (Å²) in [6.45, 7) is 4.03. The molecule has 28 heavy (non-hydrogen) atoms. The second-order valence-electron chi connectivity index (χ2n) is 7.30. The maximum Gasteiger partial charge on any atom is 0.164 e. The van der Waals surface area contributed by atoms with Gasteiger partial charge in [0.15, 0.2) is 5.78 Å². The number of nitrogens with zero attached hydrogens (tertiary/aromatic N) is 1. The predicted octanol–water partition coefficient (Wildman–Crippen LogP) is 3.30. The third-order valence-electron chi connectivity index (χ3n) is 4.61. The van der Waals surface area contributed by atoms with Crippen LogP contribution in [0.3, 0.4) is 0 Å². The first-order valence-corrected chi connectivity index (χ1v) is 9.84. The summed E-state index contributed by atoms with van der Waals surface area (Å²) in [7, 11) is 4.07. The molecule has 2 aromatic carbocycles. The van der Waals surface area contributed by atoms with E-state index < -0.39 is 6.10 Å². The molecule has 0 aliphatic heterocycles. The number of aliphatic hydroxyl groups excluding tert-OH is 1. The van der Waals surface area contributed by atoms with Crippen molar-refractivity contribution in [3.8, 4) is 5.75 Å². The Morgan fingerprint density at radius 2 is 1.89 bits per heavy atom. The number of aliphatic hydroxyl groups is 1. The van der Waals surface area contributed by atoms with Gasteiger partial charge in [-0.25, -0.2) is 0 Å². The third-order valence-corrected chi connectivity index (χ3v) is 4.61. The number of hydrogen-bond donors (Lipinski definition) is 2. The number of carbonyl (C=O) groups excluding carboxylic acids is 1. The quantitative estimate of drug-likeness (QED) is 0.434. The van der Waals surface area contributed by atoms with Crippen molar-refractivity contribution in [3.05, 3.63) is 65.7 Å². The molecule has 0 aromatic heterocycles. The lowest BCUT2D eigenvalue weighted by atomic mass is 10.0. The molecule has 0 bridgehead atoms. The van der Waals surface area contributed by atoms with Crippen LogP contribution in [0.2, 0.25) is 0 Å². The zero-order valence-corrected chi connectivity index (χ0v) is 17.1. The Kier molecular flexibility index (Phi) is 9.14. The molecule has 0 saturated heterocycles. The molecule has 0 radical (unpaired) electrons. The molecule has 2 atom stereocenters. The van der Waals surface area contributed by atoms with Gasteiger partial charge in [-0.2, -0.15) is 0 Å². The van der Waals surface area contributed by atoms with E-state index in [1.165, 1.54) is 0 Å². The van der Waals surface area contributed by atoms with Crippen molar-refractivity contribution in [1.82, 2.24) is 10.2 Å². The van der Waals surface area contributed by atoms with Crippen LogP contribution < -0.4 is 10.1 Å². The maximum absolute atomic E-state index is 12.5. The number of rotatable bonds is 12. The molecule has 0 fully saturated rings. The Labute approximate surface area is 168 Å². The summed E-state index contributed by atoms with van der Waals surface area (Å²) in [5, 5.41) is 13.6. The zero-order valence-electron chi connectivity index (χ0n) is 17.1. The Bertz CT molecular complexity index is 719. The van der Waals surface area contributed by atoms with Crippen molar-refractivity contribution in [2.24, 2.45) is 0 Å². The normalized spacial score (nSPS) is 13.3. The minimum Gasteiger partial charge on any atom is -0.494 e. The van der Waals surface area contributed by atoms with Crippen LogP contribution in [0, 0.1) is 0 Å². The molecule has 0 spiro atoms. The van der Waals surface area contributed by atoms with Crippen molar-refractivity contribution in [2.45, 2.75) is 31.9 Å². The summed E-state index contributed by atoms with van der Waals surface area (Å²) >= 11 is 0. The molecular weight excluding hydrogens is 352 g/mol. The summed E-state index contributed by atoms with van der Waals surface area (Å²) in [6, 6.07) is 16.8. The summed E-state index contributed by atoms with van der Waals surface area (Å²) in [4.78, 5) is 14.6. The van der Waals surface area contributed by atoms with Crippen LogP contribution in [-0.4, -0.2) is 55.6 Å². The second kappa shape index (κ2) is 11.6. The number of ketones is 1. The fraction of sp³-hybridized carbons (Fsp3) is 0.435. The third kappa shape index (κ3) is 7.43. The molecular formula is C23H32N2O3. The van der Waals surface area contributed by atoms with Crippen LogP contribution in [-0.2, 0) is 0 Å². The van der Waals surface area contributed by atoms with Gasteiger partial charge in [-0.3, -0.25) is 4.79 Å². The first kappa shape index (κ1) is 22.1. The second-order valence-corrected chi connectivity index (χ2v) is 7.30. The van der Waals surface area contributed by atoms with Gasteiger partial charge in [0.1, 0.15) is 5.75 Å². The predicted molar refractivity (Wildman–Crippen MR) is 113 cm³/mol. The highest BCUT2D eigenvalue weighted by molar-refractivity contribution is 5.96. The molecule has 2 rings (SSSR count). The molecule has 2 unspecified atom stereocenters. The lowest BCUT2D eigenvalue weighted by molar-refractivity contribution is 0.0971. The van der Waals surface area contributed by atoms with Gasteiger partial charge in [0.25, 0.3) is 0 Å². The van der Waals surface area contributed by atoms with Crippen LogP contribution in [0.15, 0.2) is 54.6 Å². The Hall–Kier alpha value is -2.21. The molecule has 0 saturated carbocycles. The fourth-order valence-corrected chi connectivity index (χ4v) is 2.94. The monoisotopic (exact) mass is 384 g/mol. The maximum atomic E-state index is 12.5. The number of hydrogen-bond acceptors (Lipinski definition) is 5. The molecule has 5 heteroatoms. The van der Waals surface area contributed by atoms with Gasteiger partial charge in [-0.1, -0.05) is 42.5 Å². The minimum absolute atomic E-state index is 0.0626. The average molecular weight is 385 g/mol. The summed E-state index contributed by atoms with van der Waals surface area (Å²) in [5.74, 6) is 0.790. The summed E-state index contributed by atoms with van der Waals surface area (Å²) < 4.78 is 5.74. The van der Waals surface area contributed by atoms with E-state index in [1.807, 2.05) is 69.6 Å². The van der Waals surface area contributed by atoms with Gasteiger partial charge >= 0.3 is 0 Å². The van der Waals surface area contributed by atoms with Gasteiger partial charge in [0, 0.05) is 31.1 Å². The van der Waals surface area contributed by atoms with Crippen molar-refractivity contribution >= 4 is 5.78 Å². The number of carbonyl (C=O) groups is 1. The Morgan fingerprint density at radius 3 is 2.61 bits per heavy atom. The van der Waals surface area contributed by atoms with Gasteiger partial charge in [0.2, 0.25) is 0 Å². The number of ether oxygens (including phenoxy) is 1. The van der Waals surface area contributed by atoms with Crippen molar-refractivity contribution in [1.29, 1.82) is 0 Å². The number of benzene rings is 2. The first-order chi connectivity index (χ1) is 13.5. The van der Waals surface area contributed by atoms with Crippen LogP contribution in [0.25, 0.3) is 0 Å². The van der Waals surface area contributed by atoms with E-state index in [-0.39, 0.29) is 11.8 Å². The SMILES string of the molecule is CC(NCCC(=O)c1cccc(OCCCN(C)C)c1)C(O)c1ccccc1. The highest BCUT2D eigenvalue weighted by Gasteiger charge is 2.16. The molecule has 0 heterocycles. The first-order valence-electron chi connectivity index (χ1n) is 9.84. The van der Waals surface area contributed by atoms with Crippen molar-refractivity contribution in [2.75, 3.05) is 33.8 Å². The van der Waals surface area contributed by atoms with Gasteiger partial charge in [-0.05, 0) is 45.1 Å². The molecule has 152 valence electrons. The minimum atomic E-state index is -0.602. The topological polar surface area (TPSA) is 61.8 Å². The van der Waals surface area contributed by atoms with Gasteiger partial charge < -0.3 is 20.1 Å². The van der Waals surface area contributed by atoms with Gasteiger partial charge in [0.05, 0.1) is 12.7 Å². The standard InChI is InChI=1S/C23H32N2O3/c1-18(23(27)19-9-5-4-6-10-19)24-14-13-22(26)20-11-7-12-21(17-20)28-16-8-15-25(2)3/h4-7,9-12,17-18,23-24,27H,8,13-16H2,1-3H3. The van der Waals surface area contributed by atoms with E-state index in [2.05, 4.69) is 10.2 Å². The van der Waals surface area contributed by atoms with Gasteiger partial charge in [-0.15, -0.1) is 0 Å². The van der Waals surface area contributed by atoms with E-state index in [0.717, 1.165) is 24.3 Å².